The molecule has 0 unspecified atom stereocenters. The van der Waals surface area contributed by atoms with E-state index in [4.69, 9.17) is 0 Å². The van der Waals surface area contributed by atoms with Crippen molar-refractivity contribution >= 4 is 21.8 Å². The predicted molar refractivity (Wildman–Crippen MR) is 76.2 cm³/mol. The Morgan fingerprint density at radius 1 is 1.50 bits per heavy atom. The first-order valence-corrected chi connectivity index (χ1v) is 7.20. The molecular weight excluding hydrogens is 292 g/mol. The van der Waals surface area contributed by atoms with E-state index >= 15 is 0 Å². The highest BCUT2D eigenvalue weighted by Crippen LogP contribution is 2.18. The highest BCUT2D eigenvalue weighted by molar-refractivity contribution is 9.10. The van der Waals surface area contributed by atoms with Crippen molar-refractivity contribution in [1.82, 2.24) is 10.6 Å². The van der Waals surface area contributed by atoms with Crippen LogP contribution >= 0.6 is 15.9 Å². The molecule has 2 rings (SSSR count). The maximum absolute atomic E-state index is 12.1. The minimum absolute atomic E-state index is 0.156. The molecule has 0 saturated carbocycles. The molecular formula is C14H19BrN2O. The van der Waals surface area contributed by atoms with Crippen LogP contribution in [-0.4, -0.2) is 18.5 Å². The van der Waals surface area contributed by atoms with Gasteiger partial charge in [0.05, 0.1) is 0 Å². The molecule has 1 aliphatic heterocycles. The Labute approximate surface area is 116 Å². The lowest BCUT2D eigenvalue weighted by molar-refractivity contribution is -0.126. The maximum atomic E-state index is 12.1. The second-order valence-electron chi connectivity index (χ2n) is 4.89. The van der Waals surface area contributed by atoms with Crippen LogP contribution in [0, 0.1) is 5.92 Å². The second kappa shape index (κ2) is 6.34. The summed E-state index contributed by atoms with van der Waals surface area (Å²) in [5, 5.41) is 6.40. The highest BCUT2D eigenvalue weighted by Gasteiger charge is 2.24. The van der Waals surface area contributed by atoms with Gasteiger partial charge in [-0.25, -0.2) is 0 Å². The first-order valence-electron chi connectivity index (χ1n) is 6.41. The second-order valence-corrected chi connectivity index (χ2v) is 5.74. The Kier molecular flexibility index (Phi) is 4.78. The van der Waals surface area contributed by atoms with Gasteiger partial charge in [0.15, 0.2) is 0 Å². The number of amides is 1. The van der Waals surface area contributed by atoms with E-state index in [1.807, 2.05) is 24.3 Å². The number of carbonyl (C=O) groups is 1. The van der Waals surface area contributed by atoms with E-state index in [0.717, 1.165) is 29.4 Å². The molecule has 1 saturated heterocycles. The van der Waals surface area contributed by atoms with Crippen molar-refractivity contribution in [2.45, 2.75) is 32.4 Å². The van der Waals surface area contributed by atoms with Crippen molar-refractivity contribution in [3.8, 4) is 0 Å². The number of nitrogens with one attached hydrogen (secondary N) is 2. The van der Waals surface area contributed by atoms with Crippen molar-refractivity contribution in [1.29, 1.82) is 0 Å². The van der Waals surface area contributed by atoms with Crippen molar-refractivity contribution in [2.75, 3.05) is 6.54 Å². The molecule has 1 fully saturated rings. The number of hydrogen-bond acceptors (Lipinski definition) is 2. The van der Waals surface area contributed by atoms with Gasteiger partial charge in [0, 0.05) is 23.0 Å². The first-order chi connectivity index (χ1) is 8.66. The lowest BCUT2D eigenvalue weighted by Crippen LogP contribution is -2.42. The number of benzene rings is 1. The van der Waals surface area contributed by atoms with Gasteiger partial charge in [-0.3, -0.25) is 4.79 Å². The predicted octanol–water partition coefficient (Wildman–Crippen LogP) is 2.45. The molecule has 18 heavy (non-hydrogen) atoms. The normalized spacial score (nSPS) is 23.7. The summed E-state index contributed by atoms with van der Waals surface area (Å²) in [5.74, 6) is 0.336. The lowest BCUT2D eigenvalue weighted by atomic mass is 9.92. The van der Waals surface area contributed by atoms with Gasteiger partial charge in [0.2, 0.25) is 5.91 Å². The van der Waals surface area contributed by atoms with Crippen LogP contribution in [-0.2, 0) is 11.3 Å². The van der Waals surface area contributed by atoms with Gasteiger partial charge in [0.1, 0.15) is 0 Å². The average molecular weight is 311 g/mol. The molecule has 3 nitrogen and oxygen atoms in total. The molecule has 2 N–H and O–H groups in total. The molecule has 2 atom stereocenters. The molecule has 4 heteroatoms. The molecule has 98 valence electrons. The third-order valence-corrected chi connectivity index (χ3v) is 4.18. The molecule has 0 radical (unpaired) electrons. The van der Waals surface area contributed by atoms with E-state index in [-0.39, 0.29) is 11.8 Å². The summed E-state index contributed by atoms with van der Waals surface area (Å²) >= 11 is 3.49. The molecule has 1 heterocycles. The molecule has 0 aromatic heterocycles. The lowest BCUT2D eigenvalue weighted by Gasteiger charge is -2.27. The van der Waals surface area contributed by atoms with E-state index in [2.05, 4.69) is 33.5 Å². The van der Waals surface area contributed by atoms with E-state index < -0.39 is 0 Å². The number of piperidine rings is 1. The van der Waals surface area contributed by atoms with Gasteiger partial charge >= 0.3 is 0 Å². The molecule has 1 aromatic carbocycles. The fourth-order valence-corrected chi connectivity index (χ4v) is 2.76. The number of rotatable bonds is 3. The zero-order valence-corrected chi connectivity index (χ0v) is 12.2. The molecule has 1 amide bonds. The minimum Gasteiger partial charge on any atom is -0.352 e. The van der Waals surface area contributed by atoms with Crippen molar-refractivity contribution in [3.63, 3.8) is 0 Å². The fourth-order valence-electron chi connectivity index (χ4n) is 2.34. The average Bonchev–Trinajstić information content (AvgIpc) is 2.37. The van der Waals surface area contributed by atoms with Crippen molar-refractivity contribution in [2.24, 2.45) is 5.92 Å². The van der Waals surface area contributed by atoms with Crippen LogP contribution in [0.2, 0.25) is 0 Å². The van der Waals surface area contributed by atoms with Crippen LogP contribution in [0.1, 0.15) is 25.3 Å². The summed E-state index contributed by atoms with van der Waals surface area (Å²) in [5.41, 5.74) is 1.12. The third-order valence-electron chi connectivity index (χ3n) is 3.41. The van der Waals surface area contributed by atoms with E-state index in [1.165, 1.54) is 0 Å². The maximum Gasteiger partial charge on any atom is 0.223 e. The standard InChI is InChI=1S/C14H19BrN2O/c1-10-8-11(6-7-16-10)14(18)17-9-12-4-2-3-5-13(12)15/h2-5,10-11,16H,6-9H2,1H3,(H,17,18)/t10-,11-/m0/s1. The molecule has 0 aliphatic carbocycles. The van der Waals surface area contributed by atoms with Crippen LogP contribution < -0.4 is 10.6 Å². The zero-order chi connectivity index (χ0) is 13.0. The quantitative estimate of drug-likeness (QED) is 0.900. The summed E-state index contributed by atoms with van der Waals surface area (Å²) in [6, 6.07) is 8.42. The number of carbonyl (C=O) groups excluding carboxylic acids is 1. The fraction of sp³-hybridized carbons (Fsp3) is 0.500. The Balaban J connectivity index is 1.86. The topological polar surface area (TPSA) is 41.1 Å². The summed E-state index contributed by atoms with van der Waals surface area (Å²) in [7, 11) is 0. The third kappa shape index (κ3) is 3.56. The largest absolute Gasteiger partial charge is 0.352 e. The van der Waals surface area contributed by atoms with Crippen LogP contribution in [0.25, 0.3) is 0 Å². The molecule has 0 bridgehead atoms. The van der Waals surface area contributed by atoms with E-state index in [1.54, 1.807) is 0 Å². The highest BCUT2D eigenvalue weighted by atomic mass is 79.9. The summed E-state index contributed by atoms with van der Waals surface area (Å²) in [4.78, 5) is 12.1. The minimum atomic E-state index is 0.156. The van der Waals surface area contributed by atoms with Gasteiger partial charge in [-0.2, -0.15) is 0 Å². The van der Waals surface area contributed by atoms with Crippen LogP contribution in [0.4, 0.5) is 0 Å². The summed E-state index contributed by atoms with van der Waals surface area (Å²) < 4.78 is 1.05. The van der Waals surface area contributed by atoms with E-state index in [0.29, 0.717) is 12.6 Å². The number of halogens is 1. The van der Waals surface area contributed by atoms with E-state index in [9.17, 15) is 4.79 Å². The smallest absolute Gasteiger partial charge is 0.223 e. The van der Waals surface area contributed by atoms with Gasteiger partial charge in [-0.15, -0.1) is 0 Å². The SMILES string of the molecule is C[C@H]1C[C@@H](C(=O)NCc2ccccc2Br)CCN1. The van der Waals surface area contributed by atoms with Crippen LogP contribution in [0.5, 0.6) is 0 Å². The van der Waals surface area contributed by atoms with Gasteiger partial charge in [-0.1, -0.05) is 34.1 Å². The number of hydrogen-bond donors (Lipinski definition) is 2. The van der Waals surface area contributed by atoms with Gasteiger partial charge in [0.25, 0.3) is 0 Å². The van der Waals surface area contributed by atoms with Crippen LogP contribution in [0.3, 0.4) is 0 Å². The molecule has 1 aromatic rings. The van der Waals surface area contributed by atoms with Crippen molar-refractivity contribution in [3.05, 3.63) is 34.3 Å². The van der Waals surface area contributed by atoms with Crippen molar-refractivity contribution < 1.29 is 4.79 Å². The Morgan fingerprint density at radius 2 is 2.28 bits per heavy atom. The summed E-state index contributed by atoms with van der Waals surface area (Å²) in [6.07, 6.45) is 1.87. The first kappa shape index (κ1) is 13.6. The monoisotopic (exact) mass is 310 g/mol. The Morgan fingerprint density at radius 3 is 3.00 bits per heavy atom. The Bertz CT molecular complexity index is 422. The van der Waals surface area contributed by atoms with Gasteiger partial charge < -0.3 is 10.6 Å². The summed E-state index contributed by atoms with van der Waals surface area (Å²) in [6.45, 7) is 3.67. The zero-order valence-electron chi connectivity index (χ0n) is 10.6. The van der Waals surface area contributed by atoms with Crippen LogP contribution in [0.15, 0.2) is 28.7 Å². The Hall–Kier alpha value is -0.870. The van der Waals surface area contributed by atoms with Gasteiger partial charge in [-0.05, 0) is 37.9 Å². The molecule has 1 aliphatic rings. The molecule has 0 spiro atoms.